The highest BCUT2D eigenvalue weighted by Gasteiger charge is 2.50. The van der Waals surface area contributed by atoms with Crippen LogP contribution in [-0.4, -0.2) is 41.9 Å². The number of amides is 6. The summed E-state index contributed by atoms with van der Waals surface area (Å²) in [5.41, 5.74) is -1.20. The lowest BCUT2D eigenvalue weighted by molar-refractivity contribution is -0.134. The second-order valence-corrected chi connectivity index (χ2v) is 5.92. The SMILES string of the molecule is C=CCNC(=O)NC(=O)CN1C(=O)N[C@@](C)(c2cccs2)C1=O. The lowest BCUT2D eigenvalue weighted by atomic mass is 10.0. The first-order chi connectivity index (χ1) is 10.9. The highest BCUT2D eigenvalue weighted by molar-refractivity contribution is 7.10. The van der Waals surface area contributed by atoms with E-state index in [9.17, 15) is 19.2 Å². The van der Waals surface area contributed by atoms with Gasteiger partial charge in [-0.2, -0.15) is 0 Å². The van der Waals surface area contributed by atoms with Crippen LogP contribution in [-0.2, 0) is 15.1 Å². The molecular weight excluding hydrogens is 320 g/mol. The molecule has 8 nitrogen and oxygen atoms in total. The van der Waals surface area contributed by atoms with Crippen LogP contribution in [0.15, 0.2) is 30.2 Å². The first-order valence-corrected chi connectivity index (χ1v) is 7.63. The van der Waals surface area contributed by atoms with Gasteiger partial charge in [0.2, 0.25) is 5.91 Å². The van der Waals surface area contributed by atoms with Crippen molar-refractivity contribution in [2.45, 2.75) is 12.5 Å². The van der Waals surface area contributed by atoms with Crippen molar-refractivity contribution in [1.82, 2.24) is 20.9 Å². The zero-order chi connectivity index (χ0) is 17.0. The van der Waals surface area contributed by atoms with Gasteiger partial charge in [-0.3, -0.25) is 19.8 Å². The van der Waals surface area contributed by atoms with Crippen molar-refractivity contribution in [3.05, 3.63) is 35.0 Å². The minimum Gasteiger partial charge on any atom is -0.334 e. The molecular formula is C14H16N4O4S. The molecule has 9 heteroatoms. The first kappa shape index (κ1) is 16.7. The van der Waals surface area contributed by atoms with Crippen LogP contribution in [0.1, 0.15) is 11.8 Å². The summed E-state index contributed by atoms with van der Waals surface area (Å²) < 4.78 is 0. The van der Waals surface area contributed by atoms with Crippen LogP contribution in [0.5, 0.6) is 0 Å². The molecule has 0 saturated carbocycles. The number of hydrogen-bond donors (Lipinski definition) is 3. The fourth-order valence-corrected chi connectivity index (χ4v) is 2.92. The van der Waals surface area contributed by atoms with Crippen molar-refractivity contribution in [3.63, 3.8) is 0 Å². The molecule has 1 fully saturated rings. The average molecular weight is 336 g/mol. The number of urea groups is 2. The molecule has 1 aromatic rings. The molecule has 1 saturated heterocycles. The summed E-state index contributed by atoms with van der Waals surface area (Å²) in [6.07, 6.45) is 1.45. The normalized spacial score (nSPS) is 20.1. The van der Waals surface area contributed by atoms with Crippen molar-refractivity contribution in [3.8, 4) is 0 Å². The van der Waals surface area contributed by atoms with E-state index >= 15 is 0 Å². The van der Waals surface area contributed by atoms with Gasteiger partial charge in [0.05, 0.1) is 0 Å². The molecule has 1 aromatic heterocycles. The molecule has 0 aliphatic carbocycles. The van der Waals surface area contributed by atoms with Gasteiger partial charge in [-0.15, -0.1) is 17.9 Å². The maximum atomic E-state index is 12.5. The summed E-state index contributed by atoms with van der Waals surface area (Å²) in [4.78, 5) is 49.1. The molecule has 3 N–H and O–H groups in total. The summed E-state index contributed by atoms with van der Waals surface area (Å²) >= 11 is 1.33. The predicted molar refractivity (Wildman–Crippen MR) is 83.7 cm³/mol. The number of nitrogens with one attached hydrogen (secondary N) is 3. The molecule has 0 radical (unpaired) electrons. The quantitative estimate of drug-likeness (QED) is 0.538. The number of carbonyl (C=O) groups excluding carboxylic acids is 4. The van der Waals surface area contributed by atoms with Crippen LogP contribution in [0.25, 0.3) is 0 Å². The summed E-state index contributed by atoms with van der Waals surface area (Å²) in [5, 5.41) is 8.77. The summed E-state index contributed by atoms with van der Waals surface area (Å²) in [7, 11) is 0. The van der Waals surface area contributed by atoms with Crippen LogP contribution < -0.4 is 16.0 Å². The van der Waals surface area contributed by atoms with Gasteiger partial charge in [-0.25, -0.2) is 9.59 Å². The van der Waals surface area contributed by atoms with Gasteiger partial charge in [0.15, 0.2) is 5.54 Å². The highest BCUT2D eigenvalue weighted by atomic mass is 32.1. The Balaban J connectivity index is 2.02. The summed E-state index contributed by atoms with van der Waals surface area (Å²) in [5.74, 6) is -1.29. The monoisotopic (exact) mass is 336 g/mol. The number of nitrogens with zero attached hydrogens (tertiary/aromatic N) is 1. The van der Waals surface area contributed by atoms with Crippen LogP contribution in [0.2, 0.25) is 0 Å². The van der Waals surface area contributed by atoms with Gasteiger partial charge in [-0.05, 0) is 18.4 Å². The summed E-state index contributed by atoms with van der Waals surface area (Å²) in [6.45, 7) is 4.66. The lowest BCUT2D eigenvalue weighted by Gasteiger charge is -2.19. The highest BCUT2D eigenvalue weighted by Crippen LogP contribution is 2.31. The van der Waals surface area contributed by atoms with Crippen molar-refractivity contribution in [2.24, 2.45) is 0 Å². The van der Waals surface area contributed by atoms with Crippen LogP contribution >= 0.6 is 11.3 Å². The van der Waals surface area contributed by atoms with E-state index in [0.717, 1.165) is 4.90 Å². The van der Waals surface area contributed by atoms with E-state index in [1.807, 2.05) is 5.32 Å². The molecule has 0 spiro atoms. The van der Waals surface area contributed by atoms with Gasteiger partial charge >= 0.3 is 12.1 Å². The van der Waals surface area contributed by atoms with E-state index in [2.05, 4.69) is 17.2 Å². The van der Waals surface area contributed by atoms with Crippen molar-refractivity contribution >= 4 is 35.2 Å². The zero-order valence-electron chi connectivity index (χ0n) is 12.4. The Bertz CT molecular complexity index is 658. The molecule has 6 amide bonds. The molecule has 2 heterocycles. The number of thiophene rings is 1. The number of imide groups is 2. The topological polar surface area (TPSA) is 108 Å². The van der Waals surface area contributed by atoms with E-state index < -0.39 is 36.0 Å². The first-order valence-electron chi connectivity index (χ1n) is 6.75. The Morgan fingerprint density at radius 3 is 2.83 bits per heavy atom. The standard InChI is InChI=1S/C14H16N4O4S/c1-3-6-15-12(21)16-10(19)8-18-11(20)14(2,17-13(18)22)9-5-4-7-23-9/h3-5,7H,1,6,8H2,2H3,(H,17,22)(H2,15,16,19,21)/t14-/m0/s1. The fourth-order valence-electron chi connectivity index (χ4n) is 2.09. The van der Waals surface area contributed by atoms with Gasteiger partial charge in [0, 0.05) is 11.4 Å². The summed E-state index contributed by atoms with van der Waals surface area (Å²) in [6, 6.07) is 2.11. The van der Waals surface area contributed by atoms with Gasteiger partial charge < -0.3 is 10.6 Å². The molecule has 0 unspecified atom stereocenters. The third-order valence-corrected chi connectivity index (χ3v) is 4.34. The maximum Gasteiger partial charge on any atom is 0.325 e. The fraction of sp³-hybridized carbons (Fsp3) is 0.286. The predicted octanol–water partition coefficient (Wildman–Crippen LogP) is 0.527. The minimum absolute atomic E-state index is 0.193. The van der Waals surface area contributed by atoms with E-state index in [0.29, 0.717) is 4.88 Å². The van der Waals surface area contributed by atoms with Gasteiger partial charge in [0.1, 0.15) is 6.54 Å². The molecule has 122 valence electrons. The minimum atomic E-state index is -1.20. The molecule has 23 heavy (non-hydrogen) atoms. The Hall–Kier alpha value is -2.68. The Kier molecular flexibility index (Phi) is 4.80. The number of carbonyl (C=O) groups is 4. The van der Waals surface area contributed by atoms with Crippen molar-refractivity contribution in [1.29, 1.82) is 0 Å². The van der Waals surface area contributed by atoms with Crippen LogP contribution in [0, 0.1) is 0 Å². The van der Waals surface area contributed by atoms with Crippen molar-refractivity contribution < 1.29 is 19.2 Å². The maximum absolute atomic E-state index is 12.5. The average Bonchev–Trinajstić information content (AvgIpc) is 3.10. The zero-order valence-corrected chi connectivity index (χ0v) is 13.2. The second-order valence-electron chi connectivity index (χ2n) is 4.97. The van der Waals surface area contributed by atoms with E-state index in [4.69, 9.17) is 0 Å². The van der Waals surface area contributed by atoms with Gasteiger partial charge in [0.25, 0.3) is 5.91 Å². The Labute approximate surface area is 136 Å². The number of hydrogen-bond acceptors (Lipinski definition) is 5. The molecule has 1 aliphatic rings. The molecule has 2 rings (SSSR count). The molecule has 0 aromatic carbocycles. The smallest absolute Gasteiger partial charge is 0.325 e. The number of rotatable bonds is 5. The Morgan fingerprint density at radius 1 is 1.48 bits per heavy atom. The third-order valence-electron chi connectivity index (χ3n) is 3.25. The Morgan fingerprint density at radius 2 is 2.22 bits per heavy atom. The van der Waals surface area contributed by atoms with Crippen LogP contribution in [0.4, 0.5) is 9.59 Å². The third kappa shape index (κ3) is 3.39. The van der Waals surface area contributed by atoms with E-state index in [1.54, 1.807) is 24.4 Å². The molecule has 1 atom stereocenters. The van der Waals surface area contributed by atoms with E-state index in [-0.39, 0.29) is 6.54 Å². The lowest BCUT2D eigenvalue weighted by Crippen LogP contribution is -2.46. The van der Waals surface area contributed by atoms with E-state index in [1.165, 1.54) is 17.4 Å². The second kappa shape index (κ2) is 6.61. The molecule has 1 aliphatic heterocycles. The largest absolute Gasteiger partial charge is 0.334 e. The van der Waals surface area contributed by atoms with Gasteiger partial charge in [-0.1, -0.05) is 12.1 Å². The molecule has 0 bridgehead atoms. The van der Waals surface area contributed by atoms with Crippen LogP contribution in [0.3, 0.4) is 0 Å². The van der Waals surface area contributed by atoms with Crippen molar-refractivity contribution in [2.75, 3.05) is 13.1 Å².